The maximum absolute atomic E-state index is 6.53. The zero-order chi connectivity index (χ0) is 13.4. The number of halogens is 2. The molecule has 2 rings (SSSR count). The van der Waals surface area contributed by atoms with Crippen molar-refractivity contribution in [3.63, 3.8) is 0 Å². The molecular weight excluding hydrogens is 265 g/mol. The van der Waals surface area contributed by atoms with Crippen LogP contribution in [-0.4, -0.2) is 5.54 Å². The molecule has 1 nitrogen and oxygen atoms in total. The monoisotopic (exact) mass is 285 g/mol. The second-order valence-corrected chi connectivity index (χ2v) is 7.20. The maximum atomic E-state index is 6.53. The average Bonchev–Trinajstić information content (AvgIpc) is 2.30. The first-order chi connectivity index (χ1) is 8.31. The fourth-order valence-electron chi connectivity index (χ4n) is 2.67. The summed E-state index contributed by atoms with van der Waals surface area (Å²) < 4.78 is 0. The molecule has 1 aliphatic rings. The Kier molecular flexibility index (Phi) is 3.96. The summed E-state index contributed by atoms with van der Waals surface area (Å²) in [6.07, 6.45) is 5.30. The lowest BCUT2D eigenvalue weighted by molar-refractivity contribution is 0.164. The number of nitrogens with two attached hydrogens (primary N) is 1. The van der Waals surface area contributed by atoms with Crippen LogP contribution >= 0.6 is 23.2 Å². The van der Waals surface area contributed by atoms with E-state index in [2.05, 4.69) is 13.8 Å². The van der Waals surface area contributed by atoms with Gasteiger partial charge >= 0.3 is 0 Å². The van der Waals surface area contributed by atoms with Gasteiger partial charge in [-0.15, -0.1) is 0 Å². The highest BCUT2D eigenvalue weighted by atomic mass is 35.5. The van der Waals surface area contributed by atoms with Crippen LogP contribution in [0.5, 0.6) is 0 Å². The van der Waals surface area contributed by atoms with Gasteiger partial charge in [-0.2, -0.15) is 0 Å². The minimum atomic E-state index is -0.121. The topological polar surface area (TPSA) is 26.0 Å². The standard InChI is InChI=1S/C15H21Cl2N/c1-14(2)6-8-15(18,9-7-14)10-11-4-3-5-12(16)13(11)17/h3-5H,6-10,18H2,1-2H3. The molecule has 0 unspecified atom stereocenters. The highest BCUT2D eigenvalue weighted by Gasteiger charge is 2.35. The van der Waals surface area contributed by atoms with Crippen molar-refractivity contribution in [3.8, 4) is 0 Å². The number of hydrogen-bond donors (Lipinski definition) is 1. The zero-order valence-electron chi connectivity index (χ0n) is 11.1. The molecular formula is C15H21Cl2N. The van der Waals surface area contributed by atoms with Gasteiger partial charge in [-0.25, -0.2) is 0 Å². The lowest BCUT2D eigenvalue weighted by atomic mass is 9.68. The van der Waals surface area contributed by atoms with E-state index in [1.165, 1.54) is 12.8 Å². The van der Waals surface area contributed by atoms with Crippen LogP contribution in [0, 0.1) is 5.41 Å². The van der Waals surface area contributed by atoms with Crippen molar-refractivity contribution < 1.29 is 0 Å². The van der Waals surface area contributed by atoms with Gasteiger partial charge in [0.15, 0.2) is 0 Å². The van der Waals surface area contributed by atoms with E-state index in [-0.39, 0.29) is 5.54 Å². The summed E-state index contributed by atoms with van der Waals surface area (Å²) in [6.45, 7) is 4.64. The first-order valence-corrected chi connectivity index (χ1v) is 7.29. The fraction of sp³-hybridized carbons (Fsp3) is 0.600. The van der Waals surface area contributed by atoms with Gasteiger partial charge in [-0.1, -0.05) is 49.2 Å². The van der Waals surface area contributed by atoms with Gasteiger partial charge in [0.1, 0.15) is 0 Å². The normalized spacial score (nSPS) is 21.8. The van der Waals surface area contributed by atoms with Crippen molar-refractivity contribution >= 4 is 23.2 Å². The Hall–Kier alpha value is -0.240. The van der Waals surface area contributed by atoms with Gasteiger partial charge in [0, 0.05) is 5.54 Å². The molecule has 1 aliphatic carbocycles. The molecule has 0 radical (unpaired) electrons. The van der Waals surface area contributed by atoms with Crippen molar-refractivity contribution in [1.82, 2.24) is 0 Å². The fourth-order valence-corrected chi connectivity index (χ4v) is 3.05. The third-order valence-electron chi connectivity index (χ3n) is 4.17. The lowest BCUT2D eigenvalue weighted by Crippen LogP contribution is -2.46. The second kappa shape index (κ2) is 5.03. The van der Waals surface area contributed by atoms with Gasteiger partial charge in [0.25, 0.3) is 0 Å². The van der Waals surface area contributed by atoms with E-state index in [1.807, 2.05) is 18.2 Å². The van der Waals surface area contributed by atoms with Crippen LogP contribution in [0.1, 0.15) is 45.1 Å². The molecule has 0 saturated heterocycles. The molecule has 3 heteroatoms. The predicted octanol–water partition coefficient (Wildman–Crippen LogP) is 4.83. The Labute approximate surface area is 120 Å². The molecule has 0 atom stereocenters. The smallest absolute Gasteiger partial charge is 0.0624 e. The molecule has 1 fully saturated rings. The van der Waals surface area contributed by atoms with Crippen LogP contribution in [0.2, 0.25) is 10.0 Å². The summed E-state index contributed by atoms with van der Waals surface area (Å²) in [5.74, 6) is 0. The molecule has 18 heavy (non-hydrogen) atoms. The summed E-state index contributed by atoms with van der Waals surface area (Å²) in [4.78, 5) is 0. The van der Waals surface area contributed by atoms with Crippen LogP contribution < -0.4 is 5.73 Å². The molecule has 0 amide bonds. The van der Waals surface area contributed by atoms with E-state index in [4.69, 9.17) is 28.9 Å². The van der Waals surface area contributed by atoms with E-state index < -0.39 is 0 Å². The van der Waals surface area contributed by atoms with E-state index in [9.17, 15) is 0 Å². The van der Waals surface area contributed by atoms with Gasteiger partial charge in [-0.05, 0) is 49.1 Å². The molecule has 0 aromatic heterocycles. The van der Waals surface area contributed by atoms with Crippen molar-refractivity contribution in [2.45, 2.75) is 51.5 Å². The summed E-state index contributed by atoms with van der Waals surface area (Å²) >= 11 is 12.3. The van der Waals surface area contributed by atoms with Gasteiger partial charge in [-0.3, -0.25) is 0 Å². The lowest BCUT2D eigenvalue weighted by Gasteiger charge is -2.41. The van der Waals surface area contributed by atoms with Gasteiger partial charge < -0.3 is 5.73 Å². The zero-order valence-corrected chi connectivity index (χ0v) is 12.6. The molecule has 1 aromatic carbocycles. The molecule has 0 aliphatic heterocycles. The number of hydrogen-bond acceptors (Lipinski definition) is 1. The van der Waals surface area contributed by atoms with Gasteiger partial charge in [0.05, 0.1) is 10.0 Å². The molecule has 0 spiro atoms. The van der Waals surface area contributed by atoms with Crippen LogP contribution in [0.3, 0.4) is 0 Å². The van der Waals surface area contributed by atoms with Gasteiger partial charge in [0.2, 0.25) is 0 Å². The van der Waals surface area contributed by atoms with E-state index in [1.54, 1.807) is 0 Å². The Bertz CT molecular complexity index is 430. The second-order valence-electron chi connectivity index (χ2n) is 6.42. The third-order valence-corrected chi connectivity index (χ3v) is 5.03. The van der Waals surface area contributed by atoms with Crippen LogP contribution in [0.4, 0.5) is 0 Å². The average molecular weight is 286 g/mol. The SMILES string of the molecule is CC1(C)CCC(N)(Cc2cccc(Cl)c2Cl)CC1. The minimum absolute atomic E-state index is 0.121. The molecule has 2 N–H and O–H groups in total. The largest absolute Gasteiger partial charge is 0.325 e. The molecule has 1 aromatic rings. The van der Waals surface area contributed by atoms with E-state index >= 15 is 0 Å². The van der Waals surface area contributed by atoms with E-state index in [0.717, 1.165) is 24.8 Å². The summed E-state index contributed by atoms with van der Waals surface area (Å²) in [7, 11) is 0. The highest BCUT2D eigenvalue weighted by molar-refractivity contribution is 6.42. The Morgan fingerprint density at radius 1 is 1.11 bits per heavy atom. The minimum Gasteiger partial charge on any atom is -0.325 e. The summed E-state index contributed by atoms with van der Waals surface area (Å²) in [5.41, 5.74) is 7.92. The molecule has 0 bridgehead atoms. The van der Waals surface area contributed by atoms with Crippen molar-refractivity contribution in [1.29, 1.82) is 0 Å². The van der Waals surface area contributed by atoms with Crippen molar-refractivity contribution in [2.75, 3.05) is 0 Å². The Morgan fingerprint density at radius 3 is 2.33 bits per heavy atom. The quantitative estimate of drug-likeness (QED) is 0.827. The maximum Gasteiger partial charge on any atom is 0.0624 e. The summed E-state index contributed by atoms with van der Waals surface area (Å²) in [6, 6.07) is 5.79. The number of rotatable bonds is 2. The summed E-state index contributed by atoms with van der Waals surface area (Å²) in [5, 5.41) is 1.28. The first kappa shape index (κ1) is 14.2. The molecule has 0 heterocycles. The van der Waals surface area contributed by atoms with E-state index in [0.29, 0.717) is 15.5 Å². The van der Waals surface area contributed by atoms with Crippen LogP contribution in [0.15, 0.2) is 18.2 Å². The van der Waals surface area contributed by atoms with Crippen molar-refractivity contribution in [3.05, 3.63) is 33.8 Å². The Balaban J connectivity index is 2.12. The highest BCUT2D eigenvalue weighted by Crippen LogP contribution is 2.41. The number of benzene rings is 1. The van der Waals surface area contributed by atoms with Crippen LogP contribution in [-0.2, 0) is 6.42 Å². The Morgan fingerprint density at radius 2 is 1.72 bits per heavy atom. The first-order valence-electron chi connectivity index (χ1n) is 6.53. The molecule has 1 saturated carbocycles. The van der Waals surface area contributed by atoms with Crippen LogP contribution in [0.25, 0.3) is 0 Å². The third kappa shape index (κ3) is 3.20. The predicted molar refractivity (Wildman–Crippen MR) is 79.3 cm³/mol. The molecule has 100 valence electrons. The van der Waals surface area contributed by atoms with Crippen molar-refractivity contribution in [2.24, 2.45) is 11.1 Å².